The monoisotopic (exact) mass is 301 g/mol. The molecule has 1 aliphatic carbocycles. The minimum Gasteiger partial charge on any atom is -0.366 e. The van der Waals surface area contributed by atoms with Crippen LogP contribution in [0.1, 0.15) is 55.3 Å². The molecule has 0 amide bonds. The molecule has 1 aliphatic heterocycles. The number of likely N-dealkylation sites (tertiary alicyclic amines) is 1. The lowest BCUT2D eigenvalue weighted by atomic mass is 9.88. The van der Waals surface area contributed by atoms with Gasteiger partial charge in [0.2, 0.25) is 0 Å². The second kappa shape index (κ2) is 7.73. The van der Waals surface area contributed by atoms with Crippen LogP contribution < -0.4 is 5.32 Å². The van der Waals surface area contributed by atoms with Crippen LogP contribution in [0.2, 0.25) is 0 Å². The van der Waals surface area contributed by atoms with Crippen molar-refractivity contribution in [1.29, 1.82) is 0 Å². The molecule has 2 aliphatic rings. The highest BCUT2D eigenvalue weighted by Gasteiger charge is 2.23. The number of pyridine rings is 1. The van der Waals surface area contributed by atoms with Gasteiger partial charge in [-0.1, -0.05) is 19.3 Å². The van der Waals surface area contributed by atoms with Crippen LogP contribution in [0.15, 0.2) is 18.3 Å². The van der Waals surface area contributed by atoms with E-state index in [1.165, 1.54) is 58.0 Å². The van der Waals surface area contributed by atoms with Gasteiger partial charge in [0, 0.05) is 30.9 Å². The largest absolute Gasteiger partial charge is 0.366 e. The second-order valence-corrected chi connectivity index (χ2v) is 6.84. The third-order valence-electron chi connectivity index (χ3n) is 5.02. The van der Waals surface area contributed by atoms with E-state index in [-0.39, 0.29) is 0 Å². The summed E-state index contributed by atoms with van der Waals surface area (Å²) in [5, 5.41) is 3.53. The zero-order valence-electron chi connectivity index (χ0n) is 13.3. The molecule has 1 unspecified atom stereocenters. The van der Waals surface area contributed by atoms with Crippen molar-refractivity contribution >= 4 is 12.1 Å². The fourth-order valence-corrected chi connectivity index (χ4v) is 3.84. The molecular weight excluding hydrogens is 274 g/mol. The van der Waals surface area contributed by atoms with Crippen LogP contribution in [0, 0.1) is 5.92 Å². The summed E-state index contributed by atoms with van der Waals surface area (Å²) in [7, 11) is 0. The van der Waals surface area contributed by atoms with E-state index in [2.05, 4.69) is 15.2 Å². The van der Waals surface area contributed by atoms with E-state index in [0.29, 0.717) is 11.6 Å². The Balaban J connectivity index is 1.50. The van der Waals surface area contributed by atoms with Crippen molar-refractivity contribution in [2.24, 2.45) is 5.92 Å². The van der Waals surface area contributed by atoms with Crippen molar-refractivity contribution in [1.82, 2.24) is 9.88 Å². The van der Waals surface area contributed by atoms with Crippen LogP contribution in [-0.4, -0.2) is 41.8 Å². The van der Waals surface area contributed by atoms with Crippen molar-refractivity contribution in [3.8, 4) is 0 Å². The molecule has 0 aromatic carbocycles. The molecule has 2 fully saturated rings. The van der Waals surface area contributed by atoms with Gasteiger partial charge in [0.15, 0.2) is 6.29 Å². The molecule has 0 bridgehead atoms. The number of aldehydes is 1. The van der Waals surface area contributed by atoms with Crippen molar-refractivity contribution in [3.05, 3.63) is 23.9 Å². The number of aromatic nitrogens is 1. The molecule has 1 saturated carbocycles. The van der Waals surface area contributed by atoms with Crippen LogP contribution in [0.5, 0.6) is 0 Å². The first-order chi connectivity index (χ1) is 10.8. The molecule has 4 nitrogen and oxygen atoms in total. The van der Waals surface area contributed by atoms with Gasteiger partial charge in [0.05, 0.1) is 0 Å². The van der Waals surface area contributed by atoms with Gasteiger partial charge < -0.3 is 10.2 Å². The molecule has 1 aromatic heterocycles. The number of hydrogen-bond acceptors (Lipinski definition) is 4. The number of piperidine rings is 1. The van der Waals surface area contributed by atoms with Crippen LogP contribution >= 0.6 is 0 Å². The molecule has 120 valence electrons. The second-order valence-electron chi connectivity index (χ2n) is 6.84. The van der Waals surface area contributed by atoms with E-state index in [1.54, 1.807) is 6.20 Å². The minimum atomic E-state index is 0.479. The molecule has 1 aromatic rings. The summed E-state index contributed by atoms with van der Waals surface area (Å²) in [4.78, 5) is 17.6. The van der Waals surface area contributed by atoms with E-state index >= 15 is 0 Å². The van der Waals surface area contributed by atoms with Crippen LogP contribution in [0.25, 0.3) is 0 Å². The normalized spacial score (nSPS) is 24.1. The molecule has 1 atom stereocenters. The van der Waals surface area contributed by atoms with Crippen molar-refractivity contribution < 1.29 is 4.79 Å². The number of nitrogens with zero attached hydrogens (tertiary/aromatic N) is 2. The van der Waals surface area contributed by atoms with Crippen LogP contribution in [-0.2, 0) is 0 Å². The fraction of sp³-hybridized carbons (Fsp3) is 0.667. The maximum Gasteiger partial charge on any atom is 0.151 e. The van der Waals surface area contributed by atoms with Crippen molar-refractivity contribution in [2.75, 3.05) is 25.0 Å². The van der Waals surface area contributed by atoms with E-state index in [9.17, 15) is 4.79 Å². The summed E-state index contributed by atoms with van der Waals surface area (Å²) in [6, 6.07) is 4.21. The Morgan fingerprint density at radius 1 is 1.18 bits per heavy atom. The van der Waals surface area contributed by atoms with Gasteiger partial charge in [-0.3, -0.25) is 4.79 Å². The van der Waals surface area contributed by atoms with Gasteiger partial charge in [0.1, 0.15) is 5.82 Å². The zero-order valence-corrected chi connectivity index (χ0v) is 13.3. The summed E-state index contributed by atoms with van der Waals surface area (Å²) in [6.45, 7) is 3.63. The maximum absolute atomic E-state index is 10.7. The Kier molecular flexibility index (Phi) is 5.43. The third-order valence-corrected chi connectivity index (χ3v) is 5.02. The third kappa shape index (κ3) is 4.29. The standard InChI is InChI=1S/C18H27N3O/c22-14-16-8-9-18(19-11-16)20-17-7-4-10-21(13-17)12-15-5-2-1-3-6-15/h8-9,11,14-15,17H,1-7,10,12-13H2,(H,19,20). The van der Waals surface area contributed by atoms with Gasteiger partial charge in [-0.05, 0) is 50.3 Å². The van der Waals surface area contributed by atoms with Gasteiger partial charge in [-0.25, -0.2) is 4.98 Å². The summed E-state index contributed by atoms with van der Waals surface area (Å²) in [5.41, 5.74) is 0.633. The number of carbonyl (C=O) groups excluding carboxylic acids is 1. The average Bonchev–Trinajstić information content (AvgIpc) is 2.57. The van der Waals surface area contributed by atoms with Gasteiger partial charge in [-0.15, -0.1) is 0 Å². The Morgan fingerprint density at radius 2 is 2.05 bits per heavy atom. The molecule has 4 heteroatoms. The van der Waals surface area contributed by atoms with Gasteiger partial charge in [-0.2, -0.15) is 0 Å². The van der Waals surface area contributed by atoms with E-state index in [0.717, 1.165) is 24.6 Å². The smallest absolute Gasteiger partial charge is 0.151 e. The summed E-state index contributed by atoms with van der Waals surface area (Å²) in [5.74, 6) is 1.80. The minimum absolute atomic E-state index is 0.479. The van der Waals surface area contributed by atoms with E-state index in [1.807, 2.05) is 12.1 Å². The lowest BCUT2D eigenvalue weighted by Gasteiger charge is -2.36. The Morgan fingerprint density at radius 3 is 2.77 bits per heavy atom. The number of anilines is 1. The first kappa shape index (κ1) is 15.5. The van der Waals surface area contributed by atoms with Crippen LogP contribution in [0.4, 0.5) is 5.82 Å². The number of nitrogens with one attached hydrogen (secondary N) is 1. The topological polar surface area (TPSA) is 45.2 Å². The number of hydrogen-bond donors (Lipinski definition) is 1. The highest BCUT2D eigenvalue weighted by molar-refractivity contribution is 5.74. The average molecular weight is 301 g/mol. The molecule has 0 spiro atoms. The molecule has 1 saturated heterocycles. The predicted octanol–water partition coefficient (Wildman–Crippen LogP) is 3.35. The quantitative estimate of drug-likeness (QED) is 0.847. The van der Waals surface area contributed by atoms with Gasteiger partial charge >= 0.3 is 0 Å². The summed E-state index contributed by atoms with van der Waals surface area (Å²) < 4.78 is 0. The molecule has 3 rings (SSSR count). The first-order valence-corrected chi connectivity index (χ1v) is 8.73. The van der Waals surface area contributed by atoms with E-state index < -0.39 is 0 Å². The Labute approximate surface area is 133 Å². The molecular formula is C18H27N3O. The van der Waals surface area contributed by atoms with E-state index in [4.69, 9.17) is 0 Å². The predicted molar refractivity (Wildman–Crippen MR) is 89.3 cm³/mol. The molecule has 2 heterocycles. The number of carbonyl (C=O) groups is 1. The molecule has 22 heavy (non-hydrogen) atoms. The Bertz CT molecular complexity index is 468. The lowest BCUT2D eigenvalue weighted by Crippen LogP contribution is -2.44. The fourth-order valence-electron chi connectivity index (χ4n) is 3.84. The lowest BCUT2D eigenvalue weighted by molar-refractivity contribution is 0.112. The van der Waals surface area contributed by atoms with Crippen molar-refractivity contribution in [2.45, 2.75) is 51.0 Å². The SMILES string of the molecule is O=Cc1ccc(NC2CCCN(CC3CCCCC3)C2)nc1. The first-order valence-electron chi connectivity index (χ1n) is 8.73. The molecule has 0 radical (unpaired) electrons. The van der Waals surface area contributed by atoms with Crippen molar-refractivity contribution in [3.63, 3.8) is 0 Å². The molecule has 1 N–H and O–H groups in total. The Hall–Kier alpha value is -1.42. The maximum atomic E-state index is 10.7. The summed E-state index contributed by atoms with van der Waals surface area (Å²) >= 11 is 0. The zero-order chi connectivity index (χ0) is 15.2. The number of rotatable bonds is 5. The highest BCUT2D eigenvalue weighted by Crippen LogP contribution is 2.25. The van der Waals surface area contributed by atoms with Crippen LogP contribution in [0.3, 0.4) is 0 Å². The van der Waals surface area contributed by atoms with Gasteiger partial charge in [0.25, 0.3) is 0 Å². The highest BCUT2D eigenvalue weighted by atomic mass is 16.1. The summed E-state index contributed by atoms with van der Waals surface area (Å²) in [6.07, 6.45) is 12.1.